The minimum absolute atomic E-state index is 0.119. The second-order valence-corrected chi connectivity index (χ2v) is 13.8. The fraction of sp³-hybridized carbons (Fsp3) is 0.111. The second-order valence-electron chi connectivity index (χ2n) is 6.56. The van der Waals surface area contributed by atoms with Crippen LogP contribution in [0.15, 0.2) is 34.5 Å². The SMILES string of the molecule is C[Si]1(C)c2ccsc2-c2sc(/C=C3\C(=O)c4ccsc4C3=O)cc21. The Kier molecular flexibility index (Phi) is 2.90. The van der Waals surface area contributed by atoms with E-state index in [4.69, 9.17) is 0 Å². The van der Waals surface area contributed by atoms with Gasteiger partial charge in [0.05, 0.1) is 10.5 Å². The number of rotatable bonds is 1. The molecule has 1 aliphatic heterocycles. The fourth-order valence-corrected chi connectivity index (χ4v) is 11.3. The van der Waals surface area contributed by atoms with E-state index in [1.165, 1.54) is 31.5 Å². The van der Waals surface area contributed by atoms with E-state index in [9.17, 15) is 9.59 Å². The molecule has 3 aromatic rings. The molecule has 0 bridgehead atoms. The number of Topliss-reactive ketones (excluding diaryl/α,β-unsaturated/α-hetero) is 2. The number of thiophene rings is 3. The summed E-state index contributed by atoms with van der Waals surface area (Å²) >= 11 is 4.86. The van der Waals surface area contributed by atoms with E-state index < -0.39 is 8.07 Å². The van der Waals surface area contributed by atoms with Gasteiger partial charge in [0, 0.05) is 20.2 Å². The van der Waals surface area contributed by atoms with Crippen molar-refractivity contribution in [1.82, 2.24) is 0 Å². The zero-order valence-electron chi connectivity index (χ0n) is 13.0. The van der Waals surface area contributed by atoms with Gasteiger partial charge in [0.25, 0.3) is 0 Å². The number of ketones is 2. The lowest BCUT2D eigenvalue weighted by molar-refractivity contribution is 0.0991. The van der Waals surface area contributed by atoms with Gasteiger partial charge in [0.1, 0.15) is 8.07 Å². The monoisotopic (exact) mass is 384 g/mol. The largest absolute Gasteiger partial charge is 0.288 e. The Morgan fingerprint density at radius 2 is 1.67 bits per heavy atom. The van der Waals surface area contributed by atoms with E-state index in [1.807, 2.05) is 5.38 Å². The smallest absolute Gasteiger partial charge is 0.207 e. The van der Waals surface area contributed by atoms with Crippen LogP contribution < -0.4 is 10.4 Å². The highest BCUT2D eigenvalue weighted by Gasteiger charge is 2.40. The van der Waals surface area contributed by atoms with Gasteiger partial charge in [-0.15, -0.1) is 34.0 Å². The molecule has 5 rings (SSSR count). The summed E-state index contributed by atoms with van der Waals surface area (Å²) < 4.78 is 0. The highest BCUT2D eigenvalue weighted by atomic mass is 32.1. The topological polar surface area (TPSA) is 34.1 Å². The quantitative estimate of drug-likeness (QED) is 0.359. The van der Waals surface area contributed by atoms with Crippen LogP contribution in [0.4, 0.5) is 0 Å². The van der Waals surface area contributed by atoms with Crippen LogP contribution in [0.1, 0.15) is 24.9 Å². The maximum Gasteiger partial charge on any atom is 0.207 e. The maximum absolute atomic E-state index is 12.5. The Bertz CT molecular complexity index is 1050. The molecule has 0 aromatic carbocycles. The van der Waals surface area contributed by atoms with Crippen LogP contribution in [0.2, 0.25) is 13.1 Å². The van der Waals surface area contributed by atoms with E-state index in [2.05, 4.69) is 30.6 Å². The van der Waals surface area contributed by atoms with E-state index in [-0.39, 0.29) is 11.6 Å². The first-order chi connectivity index (χ1) is 11.5. The van der Waals surface area contributed by atoms with Gasteiger partial charge >= 0.3 is 0 Å². The van der Waals surface area contributed by atoms with E-state index in [0.717, 1.165) is 4.88 Å². The first-order valence-corrected chi connectivity index (χ1v) is 13.2. The molecule has 0 saturated carbocycles. The molecule has 0 radical (unpaired) electrons. The van der Waals surface area contributed by atoms with E-state index in [0.29, 0.717) is 16.0 Å². The van der Waals surface area contributed by atoms with Crippen molar-refractivity contribution in [2.24, 2.45) is 0 Å². The van der Waals surface area contributed by atoms with Crippen molar-refractivity contribution in [2.75, 3.05) is 0 Å². The minimum Gasteiger partial charge on any atom is -0.288 e. The lowest BCUT2D eigenvalue weighted by Crippen LogP contribution is -2.48. The number of fused-ring (bicyclic) bond motifs is 4. The molecule has 2 aliphatic rings. The molecule has 0 spiro atoms. The summed E-state index contributed by atoms with van der Waals surface area (Å²) in [6.07, 6.45) is 1.80. The van der Waals surface area contributed by atoms with Crippen molar-refractivity contribution in [3.63, 3.8) is 0 Å². The average Bonchev–Trinajstić information content (AvgIpc) is 3.31. The van der Waals surface area contributed by atoms with E-state index in [1.54, 1.807) is 34.8 Å². The molecule has 24 heavy (non-hydrogen) atoms. The molecule has 1 aliphatic carbocycles. The third kappa shape index (κ3) is 1.74. The Labute approximate surface area is 152 Å². The van der Waals surface area contributed by atoms with Gasteiger partial charge in [-0.2, -0.15) is 0 Å². The Morgan fingerprint density at radius 3 is 2.46 bits per heavy atom. The van der Waals surface area contributed by atoms with Crippen LogP contribution in [0, 0.1) is 0 Å². The minimum atomic E-state index is -1.62. The fourth-order valence-electron chi connectivity index (χ4n) is 3.54. The lowest BCUT2D eigenvalue weighted by atomic mass is 10.1. The summed E-state index contributed by atoms with van der Waals surface area (Å²) in [5, 5.41) is 6.93. The molecule has 0 amide bonds. The molecular weight excluding hydrogens is 372 g/mol. The molecule has 6 heteroatoms. The summed E-state index contributed by atoms with van der Waals surface area (Å²) in [4.78, 5) is 29.3. The average molecular weight is 385 g/mol. The molecule has 4 heterocycles. The number of hydrogen-bond acceptors (Lipinski definition) is 5. The summed E-state index contributed by atoms with van der Waals surface area (Å²) in [5.74, 6) is -0.245. The van der Waals surface area contributed by atoms with E-state index >= 15 is 0 Å². The van der Waals surface area contributed by atoms with Gasteiger partial charge < -0.3 is 0 Å². The first kappa shape index (κ1) is 14.7. The number of carbonyl (C=O) groups is 2. The molecule has 0 N–H and O–H groups in total. The summed E-state index contributed by atoms with van der Waals surface area (Å²) in [7, 11) is -1.62. The molecule has 0 unspecified atom stereocenters. The predicted octanol–water partition coefficient (Wildman–Crippen LogP) is 4.14. The van der Waals surface area contributed by atoms with Crippen LogP contribution >= 0.6 is 34.0 Å². The van der Waals surface area contributed by atoms with Crippen LogP contribution in [0.25, 0.3) is 15.8 Å². The van der Waals surface area contributed by atoms with Crippen LogP contribution in [0.5, 0.6) is 0 Å². The molecule has 0 atom stereocenters. The molecule has 118 valence electrons. The van der Waals surface area contributed by atoms with Gasteiger partial charge in [-0.3, -0.25) is 9.59 Å². The van der Waals surface area contributed by atoms with Gasteiger partial charge in [0.2, 0.25) is 5.78 Å². The standard InChI is InChI=1S/C18H12O2S3Si/c1-24(2)12-4-6-22-17(12)18-13(24)8-9(23-18)7-11-14(19)10-3-5-21-16(10)15(11)20/h3-8H,1-2H3/b11-7+. The van der Waals surface area contributed by atoms with Crippen LogP contribution in [-0.2, 0) is 0 Å². The number of allylic oxidation sites excluding steroid dienone is 1. The first-order valence-electron chi connectivity index (χ1n) is 7.59. The Morgan fingerprint density at radius 1 is 0.917 bits per heavy atom. The molecule has 2 nitrogen and oxygen atoms in total. The Hall–Kier alpha value is -1.60. The zero-order valence-corrected chi connectivity index (χ0v) is 16.5. The van der Waals surface area contributed by atoms with Crippen molar-refractivity contribution in [3.8, 4) is 9.75 Å². The summed E-state index contributed by atoms with van der Waals surface area (Å²) in [5.41, 5.74) is 0.887. The third-order valence-corrected chi connectivity index (χ3v) is 11.8. The van der Waals surface area contributed by atoms with Gasteiger partial charge in [-0.05, 0) is 39.3 Å². The van der Waals surface area contributed by atoms with Gasteiger partial charge in [-0.1, -0.05) is 19.2 Å². The number of hydrogen-bond donors (Lipinski definition) is 0. The Balaban J connectivity index is 1.63. The highest BCUT2D eigenvalue weighted by Crippen LogP contribution is 2.39. The van der Waals surface area contributed by atoms with Crippen molar-refractivity contribution >= 4 is 70.1 Å². The molecule has 3 aromatic heterocycles. The predicted molar refractivity (Wildman–Crippen MR) is 105 cm³/mol. The maximum atomic E-state index is 12.5. The van der Waals surface area contributed by atoms with Crippen molar-refractivity contribution in [3.05, 3.63) is 49.9 Å². The molecular formula is C18H12O2S3Si. The normalized spacial score (nSPS) is 19.0. The van der Waals surface area contributed by atoms with Crippen molar-refractivity contribution in [1.29, 1.82) is 0 Å². The third-order valence-electron chi connectivity index (χ3n) is 4.86. The van der Waals surface area contributed by atoms with Crippen LogP contribution in [0.3, 0.4) is 0 Å². The van der Waals surface area contributed by atoms with Crippen molar-refractivity contribution in [2.45, 2.75) is 13.1 Å². The highest BCUT2D eigenvalue weighted by molar-refractivity contribution is 7.28. The summed E-state index contributed by atoms with van der Waals surface area (Å²) in [6.45, 7) is 4.74. The molecule has 0 saturated heterocycles. The van der Waals surface area contributed by atoms with Gasteiger partial charge in [-0.25, -0.2) is 0 Å². The lowest BCUT2D eigenvalue weighted by Gasteiger charge is -2.15. The second kappa shape index (κ2) is 4.73. The van der Waals surface area contributed by atoms with Crippen molar-refractivity contribution < 1.29 is 9.59 Å². The van der Waals surface area contributed by atoms with Crippen LogP contribution in [-0.4, -0.2) is 19.6 Å². The van der Waals surface area contributed by atoms with Gasteiger partial charge in [0.15, 0.2) is 5.78 Å². The number of carbonyl (C=O) groups excluding carboxylic acids is 2. The molecule has 0 fully saturated rings. The summed E-state index contributed by atoms with van der Waals surface area (Å²) in [6, 6.07) is 6.22. The zero-order chi connectivity index (χ0) is 16.6.